The van der Waals surface area contributed by atoms with Crippen molar-refractivity contribution in [3.8, 4) is 0 Å². The molecule has 0 fully saturated rings. The largest absolute Gasteiger partial charge is 0.372 e. The molecule has 17 heavy (non-hydrogen) atoms. The Morgan fingerprint density at radius 2 is 1.88 bits per heavy atom. The van der Waals surface area contributed by atoms with Crippen LogP contribution >= 0.6 is 11.6 Å². The summed E-state index contributed by atoms with van der Waals surface area (Å²) >= 11 is 5.85. The molecular weight excluding hydrogens is 234 g/mol. The molecule has 0 bridgehead atoms. The maximum Gasteiger partial charge on any atom is 0.0947 e. The predicted molar refractivity (Wildman–Crippen MR) is 73.3 cm³/mol. The van der Waals surface area contributed by atoms with Crippen LogP contribution in [0.3, 0.4) is 0 Å². The normalized spacial score (nSPS) is 13.0. The third-order valence-corrected chi connectivity index (χ3v) is 2.95. The van der Waals surface area contributed by atoms with Crippen molar-refractivity contribution in [2.24, 2.45) is 11.7 Å². The lowest BCUT2D eigenvalue weighted by Crippen LogP contribution is -2.16. The summed E-state index contributed by atoms with van der Waals surface area (Å²) in [6.07, 6.45) is 2.26. The van der Waals surface area contributed by atoms with Crippen molar-refractivity contribution < 1.29 is 4.74 Å². The second-order valence-corrected chi connectivity index (χ2v) is 5.12. The minimum absolute atomic E-state index is 0.0144. The van der Waals surface area contributed by atoms with Crippen LogP contribution in [0.25, 0.3) is 0 Å². The molecule has 2 N–H and O–H groups in total. The molecule has 96 valence electrons. The van der Waals surface area contributed by atoms with Crippen LogP contribution in [0.15, 0.2) is 24.3 Å². The molecule has 0 aliphatic rings. The Morgan fingerprint density at radius 1 is 1.24 bits per heavy atom. The summed E-state index contributed by atoms with van der Waals surface area (Å²) in [5.41, 5.74) is 6.83. The Balaban J connectivity index is 2.40. The number of hydrogen-bond acceptors (Lipinski definition) is 2. The SMILES string of the molecule is CC(C)CCCOC(CN)c1ccc(Cl)cc1. The summed E-state index contributed by atoms with van der Waals surface area (Å²) in [6, 6.07) is 7.69. The van der Waals surface area contributed by atoms with E-state index in [1.807, 2.05) is 24.3 Å². The van der Waals surface area contributed by atoms with Gasteiger partial charge < -0.3 is 10.5 Å². The number of benzene rings is 1. The molecule has 1 aromatic carbocycles. The first-order valence-electron chi connectivity index (χ1n) is 6.20. The van der Waals surface area contributed by atoms with Gasteiger partial charge >= 0.3 is 0 Å². The highest BCUT2D eigenvalue weighted by Gasteiger charge is 2.09. The third kappa shape index (κ3) is 5.53. The van der Waals surface area contributed by atoms with Crippen LogP contribution in [0.4, 0.5) is 0 Å². The summed E-state index contributed by atoms with van der Waals surface area (Å²) in [5, 5.41) is 0.740. The number of hydrogen-bond donors (Lipinski definition) is 1. The van der Waals surface area contributed by atoms with Crippen LogP contribution < -0.4 is 5.73 Å². The van der Waals surface area contributed by atoms with E-state index in [0.29, 0.717) is 6.54 Å². The van der Waals surface area contributed by atoms with Crippen molar-refractivity contribution in [3.05, 3.63) is 34.9 Å². The van der Waals surface area contributed by atoms with Gasteiger partial charge in [-0.2, -0.15) is 0 Å². The molecule has 1 rings (SSSR count). The number of ether oxygens (including phenoxy) is 1. The Bertz CT molecular complexity index is 311. The van der Waals surface area contributed by atoms with Gasteiger partial charge in [0.05, 0.1) is 6.10 Å². The quantitative estimate of drug-likeness (QED) is 0.753. The Morgan fingerprint density at radius 3 is 2.41 bits per heavy atom. The fourth-order valence-corrected chi connectivity index (χ4v) is 1.82. The molecule has 0 aliphatic carbocycles. The lowest BCUT2D eigenvalue weighted by molar-refractivity contribution is 0.0546. The van der Waals surface area contributed by atoms with Gasteiger partial charge in [-0.05, 0) is 36.5 Å². The highest BCUT2D eigenvalue weighted by molar-refractivity contribution is 6.30. The molecule has 0 amide bonds. The minimum Gasteiger partial charge on any atom is -0.372 e. The molecule has 0 aromatic heterocycles. The first-order valence-corrected chi connectivity index (χ1v) is 6.58. The van der Waals surface area contributed by atoms with Crippen LogP contribution in [0.2, 0.25) is 5.02 Å². The maximum absolute atomic E-state index is 5.85. The zero-order valence-electron chi connectivity index (χ0n) is 10.7. The molecule has 0 heterocycles. The lowest BCUT2D eigenvalue weighted by Gasteiger charge is -2.17. The zero-order chi connectivity index (χ0) is 12.7. The van der Waals surface area contributed by atoms with Crippen LogP contribution in [-0.4, -0.2) is 13.2 Å². The molecule has 2 nitrogen and oxygen atoms in total. The number of rotatable bonds is 7. The number of nitrogens with two attached hydrogens (primary N) is 1. The lowest BCUT2D eigenvalue weighted by atomic mass is 10.1. The van der Waals surface area contributed by atoms with E-state index in [-0.39, 0.29) is 6.10 Å². The van der Waals surface area contributed by atoms with Gasteiger partial charge in [-0.1, -0.05) is 37.6 Å². The van der Waals surface area contributed by atoms with Crippen LogP contribution in [0, 0.1) is 5.92 Å². The monoisotopic (exact) mass is 255 g/mol. The second-order valence-electron chi connectivity index (χ2n) is 4.68. The van der Waals surface area contributed by atoms with Crippen molar-refractivity contribution >= 4 is 11.6 Å². The van der Waals surface area contributed by atoms with Gasteiger partial charge in [0.1, 0.15) is 0 Å². The fraction of sp³-hybridized carbons (Fsp3) is 0.571. The van der Waals surface area contributed by atoms with Gasteiger partial charge in [0.2, 0.25) is 0 Å². The molecular formula is C14H22ClNO. The molecule has 0 saturated heterocycles. The number of halogens is 1. The van der Waals surface area contributed by atoms with Gasteiger partial charge in [-0.3, -0.25) is 0 Å². The van der Waals surface area contributed by atoms with E-state index in [0.717, 1.165) is 29.5 Å². The van der Waals surface area contributed by atoms with Gasteiger partial charge in [0, 0.05) is 18.2 Å². The zero-order valence-corrected chi connectivity index (χ0v) is 11.4. The Hall–Kier alpha value is -0.570. The second kappa shape index (κ2) is 7.70. The third-order valence-electron chi connectivity index (χ3n) is 2.70. The van der Waals surface area contributed by atoms with Crippen molar-refractivity contribution in [2.75, 3.05) is 13.2 Å². The molecule has 3 heteroatoms. The van der Waals surface area contributed by atoms with E-state index in [1.54, 1.807) is 0 Å². The van der Waals surface area contributed by atoms with Crippen LogP contribution in [0.5, 0.6) is 0 Å². The highest BCUT2D eigenvalue weighted by Crippen LogP contribution is 2.19. The first kappa shape index (κ1) is 14.5. The van der Waals surface area contributed by atoms with Crippen LogP contribution in [0.1, 0.15) is 38.4 Å². The average Bonchev–Trinajstić information content (AvgIpc) is 2.30. The standard InChI is InChI=1S/C14H22ClNO/c1-11(2)4-3-9-17-14(10-16)12-5-7-13(15)8-6-12/h5-8,11,14H,3-4,9-10,16H2,1-2H3. The molecule has 0 radical (unpaired) electrons. The predicted octanol–water partition coefficient (Wildman–Crippen LogP) is 3.79. The summed E-state index contributed by atoms with van der Waals surface area (Å²) in [4.78, 5) is 0. The van der Waals surface area contributed by atoms with E-state index < -0.39 is 0 Å². The van der Waals surface area contributed by atoms with Crippen LogP contribution in [-0.2, 0) is 4.74 Å². The molecule has 0 saturated carbocycles. The molecule has 0 spiro atoms. The Labute approximate surface area is 109 Å². The molecule has 1 atom stereocenters. The molecule has 0 aliphatic heterocycles. The summed E-state index contributed by atoms with van der Waals surface area (Å²) in [6.45, 7) is 5.71. The maximum atomic E-state index is 5.85. The van der Waals surface area contributed by atoms with E-state index in [2.05, 4.69) is 13.8 Å². The molecule has 1 unspecified atom stereocenters. The first-order chi connectivity index (χ1) is 8.13. The van der Waals surface area contributed by atoms with Gasteiger partial charge in [0.25, 0.3) is 0 Å². The summed E-state index contributed by atoms with van der Waals surface area (Å²) < 4.78 is 5.80. The van der Waals surface area contributed by atoms with Crippen molar-refractivity contribution in [1.29, 1.82) is 0 Å². The van der Waals surface area contributed by atoms with Crippen molar-refractivity contribution in [3.63, 3.8) is 0 Å². The van der Waals surface area contributed by atoms with Gasteiger partial charge in [-0.15, -0.1) is 0 Å². The van der Waals surface area contributed by atoms with E-state index >= 15 is 0 Å². The average molecular weight is 256 g/mol. The van der Waals surface area contributed by atoms with E-state index in [9.17, 15) is 0 Å². The van der Waals surface area contributed by atoms with E-state index in [4.69, 9.17) is 22.1 Å². The van der Waals surface area contributed by atoms with Crippen molar-refractivity contribution in [1.82, 2.24) is 0 Å². The van der Waals surface area contributed by atoms with Crippen molar-refractivity contribution in [2.45, 2.75) is 32.8 Å². The topological polar surface area (TPSA) is 35.2 Å². The fourth-order valence-electron chi connectivity index (χ4n) is 1.69. The van der Waals surface area contributed by atoms with Gasteiger partial charge in [0.15, 0.2) is 0 Å². The smallest absolute Gasteiger partial charge is 0.0947 e. The van der Waals surface area contributed by atoms with Gasteiger partial charge in [-0.25, -0.2) is 0 Å². The highest BCUT2D eigenvalue weighted by atomic mass is 35.5. The van der Waals surface area contributed by atoms with E-state index in [1.165, 1.54) is 6.42 Å². The minimum atomic E-state index is -0.0144. The Kier molecular flexibility index (Phi) is 6.56. The summed E-state index contributed by atoms with van der Waals surface area (Å²) in [5.74, 6) is 0.727. The summed E-state index contributed by atoms with van der Waals surface area (Å²) in [7, 11) is 0. The molecule has 1 aromatic rings.